The minimum absolute atomic E-state index is 0.0715. The molecule has 1 rings (SSSR count). The van der Waals surface area contributed by atoms with E-state index < -0.39 is 0 Å². The third-order valence-electron chi connectivity index (χ3n) is 2.09. The molecule has 0 spiro atoms. The molecule has 0 saturated carbocycles. The number of hydrogen-bond donors (Lipinski definition) is 2. The van der Waals surface area contributed by atoms with Gasteiger partial charge in [0.15, 0.2) is 8.46 Å². The van der Waals surface area contributed by atoms with E-state index >= 15 is 0 Å². The molecular weight excluding hydrogens is 259 g/mol. The van der Waals surface area contributed by atoms with Gasteiger partial charge in [0, 0.05) is 10.7 Å². The van der Waals surface area contributed by atoms with Crippen molar-refractivity contribution in [2.75, 3.05) is 5.32 Å². The zero-order valence-electron chi connectivity index (χ0n) is 9.44. The van der Waals surface area contributed by atoms with Crippen LogP contribution in [0, 0.1) is 0 Å². The molecule has 92 valence electrons. The van der Waals surface area contributed by atoms with Crippen molar-refractivity contribution < 1.29 is 9.36 Å². The fourth-order valence-corrected chi connectivity index (χ4v) is 1.94. The summed E-state index contributed by atoms with van der Waals surface area (Å²) >= 11 is 5.73. The summed E-state index contributed by atoms with van der Waals surface area (Å²) in [6.45, 7) is 1.97. The first kappa shape index (κ1) is 13.9. The van der Waals surface area contributed by atoms with Crippen LogP contribution in [0.4, 0.5) is 10.5 Å². The predicted octanol–water partition coefficient (Wildman–Crippen LogP) is 3.88. The van der Waals surface area contributed by atoms with Crippen molar-refractivity contribution >= 4 is 31.8 Å². The first-order valence-electron chi connectivity index (χ1n) is 5.31. The summed E-state index contributed by atoms with van der Waals surface area (Å²) in [6, 6.07) is 6.41. The number of carbonyl (C=O) groups excluding carboxylic acids is 1. The second-order valence-electron chi connectivity index (χ2n) is 3.52. The average molecular weight is 273 g/mol. The van der Waals surface area contributed by atoms with Crippen LogP contribution in [0.2, 0.25) is 5.02 Å². The highest BCUT2D eigenvalue weighted by atomic mass is 35.5. The van der Waals surface area contributed by atoms with Crippen LogP contribution in [0.1, 0.15) is 19.8 Å². The van der Waals surface area contributed by atoms with Crippen molar-refractivity contribution in [1.82, 2.24) is 5.32 Å². The lowest BCUT2D eigenvalue weighted by molar-refractivity contribution is 0.251. The van der Waals surface area contributed by atoms with E-state index in [0.29, 0.717) is 17.1 Å². The summed E-state index contributed by atoms with van der Waals surface area (Å²) in [5.74, 6) is -0.340. The molecule has 0 aliphatic carbocycles. The molecule has 1 atom stereocenters. The molecule has 0 aliphatic rings. The predicted molar refractivity (Wildman–Crippen MR) is 69.9 cm³/mol. The summed E-state index contributed by atoms with van der Waals surface area (Å²) in [5.41, 5.74) is 0.643. The summed E-state index contributed by atoms with van der Waals surface area (Å²) in [7, 11) is -0.0715. The van der Waals surface area contributed by atoms with Gasteiger partial charge in [-0.15, -0.1) is 0 Å². The highest BCUT2D eigenvalue weighted by molar-refractivity contribution is 7.24. The molecule has 1 aromatic rings. The monoisotopic (exact) mass is 272 g/mol. The molecular formula is C11H14ClN2O2P. The zero-order valence-corrected chi connectivity index (χ0v) is 11.1. The van der Waals surface area contributed by atoms with Crippen molar-refractivity contribution in [3.05, 3.63) is 29.3 Å². The van der Waals surface area contributed by atoms with Gasteiger partial charge in [-0.05, 0) is 30.7 Å². The summed E-state index contributed by atoms with van der Waals surface area (Å²) < 4.78 is 10.8. The van der Waals surface area contributed by atoms with Crippen LogP contribution in [-0.4, -0.2) is 11.8 Å². The molecule has 4 nitrogen and oxygen atoms in total. The number of carbonyl (C=O) groups is 1. The van der Waals surface area contributed by atoms with E-state index in [0.717, 1.165) is 6.42 Å². The molecule has 1 unspecified atom stereocenters. The van der Waals surface area contributed by atoms with Gasteiger partial charge in [0.1, 0.15) is 5.78 Å². The lowest BCUT2D eigenvalue weighted by atomic mass is 10.3. The van der Waals surface area contributed by atoms with E-state index in [9.17, 15) is 9.36 Å². The molecule has 2 amide bonds. The number of halogens is 1. The molecule has 0 saturated heterocycles. The Bertz CT molecular complexity index is 384. The highest BCUT2D eigenvalue weighted by Gasteiger charge is 2.10. The maximum absolute atomic E-state index is 11.5. The van der Waals surface area contributed by atoms with E-state index in [1.807, 2.05) is 6.92 Å². The maximum atomic E-state index is 11.5. The van der Waals surface area contributed by atoms with Crippen LogP contribution in [0.3, 0.4) is 0 Å². The quantitative estimate of drug-likeness (QED) is 0.799. The Morgan fingerprint density at radius 3 is 2.59 bits per heavy atom. The zero-order chi connectivity index (χ0) is 12.7. The normalized spacial score (nSPS) is 12.1. The van der Waals surface area contributed by atoms with Gasteiger partial charge in [0.05, 0.1) is 0 Å². The molecule has 17 heavy (non-hydrogen) atoms. The molecule has 0 heterocycles. The SMILES string of the molecule is CCCC(NC(=O)Nc1ccc(Cl)cc1)P=O. The molecule has 0 bridgehead atoms. The van der Waals surface area contributed by atoms with Crippen LogP contribution < -0.4 is 10.6 Å². The van der Waals surface area contributed by atoms with E-state index in [1.165, 1.54) is 0 Å². The molecule has 2 N–H and O–H groups in total. The van der Waals surface area contributed by atoms with E-state index in [-0.39, 0.29) is 20.3 Å². The van der Waals surface area contributed by atoms with Gasteiger partial charge >= 0.3 is 6.03 Å². The third-order valence-corrected chi connectivity index (χ3v) is 2.98. The second-order valence-corrected chi connectivity index (χ2v) is 4.79. The minimum atomic E-state index is -0.367. The van der Waals surface area contributed by atoms with Crippen molar-refractivity contribution in [1.29, 1.82) is 0 Å². The Morgan fingerprint density at radius 1 is 1.41 bits per heavy atom. The van der Waals surface area contributed by atoms with Crippen molar-refractivity contribution in [2.24, 2.45) is 0 Å². The van der Waals surface area contributed by atoms with Crippen molar-refractivity contribution in [3.63, 3.8) is 0 Å². The lowest BCUT2D eigenvalue weighted by Crippen LogP contribution is -2.34. The summed E-state index contributed by atoms with van der Waals surface area (Å²) in [6.07, 6.45) is 1.54. The smallest absolute Gasteiger partial charge is 0.320 e. The molecule has 1 aromatic carbocycles. The van der Waals surface area contributed by atoms with Gasteiger partial charge in [-0.2, -0.15) is 0 Å². The number of nitrogens with one attached hydrogen (secondary N) is 2. The van der Waals surface area contributed by atoms with Crippen LogP contribution >= 0.6 is 20.1 Å². The van der Waals surface area contributed by atoms with Gasteiger partial charge in [0.25, 0.3) is 0 Å². The average Bonchev–Trinajstić information content (AvgIpc) is 2.31. The van der Waals surface area contributed by atoms with Crippen LogP contribution in [0.25, 0.3) is 0 Å². The Kier molecular flexibility index (Phi) is 5.95. The number of anilines is 1. The van der Waals surface area contributed by atoms with E-state index in [2.05, 4.69) is 10.6 Å². The fourth-order valence-electron chi connectivity index (χ4n) is 1.28. The molecule has 0 fully saturated rings. The topological polar surface area (TPSA) is 58.2 Å². The molecule has 0 aromatic heterocycles. The summed E-state index contributed by atoms with van der Waals surface area (Å²) in [4.78, 5) is 11.5. The Balaban J connectivity index is 2.48. The Labute approximate surface area is 107 Å². The lowest BCUT2D eigenvalue weighted by Gasteiger charge is -2.11. The summed E-state index contributed by atoms with van der Waals surface area (Å²) in [5, 5.41) is 5.87. The Morgan fingerprint density at radius 2 is 2.06 bits per heavy atom. The second kappa shape index (κ2) is 7.25. The number of amides is 2. The Hall–Kier alpha value is -1.12. The molecule has 6 heteroatoms. The van der Waals surface area contributed by atoms with E-state index in [4.69, 9.17) is 11.6 Å². The van der Waals surface area contributed by atoms with Gasteiger partial charge in [-0.25, -0.2) is 4.79 Å². The maximum Gasteiger partial charge on any atom is 0.320 e. The van der Waals surface area contributed by atoms with Gasteiger partial charge in [-0.3, -0.25) is 4.57 Å². The van der Waals surface area contributed by atoms with Crippen molar-refractivity contribution in [2.45, 2.75) is 25.5 Å². The third kappa shape index (κ3) is 5.16. The van der Waals surface area contributed by atoms with E-state index in [1.54, 1.807) is 24.3 Å². The van der Waals surface area contributed by atoms with Gasteiger partial charge in [0.2, 0.25) is 0 Å². The van der Waals surface area contributed by atoms with Crippen molar-refractivity contribution in [3.8, 4) is 0 Å². The molecule has 0 aliphatic heterocycles. The van der Waals surface area contributed by atoms with Crippen LogP contribution in [-0.2, 0) is 4.57 Å². The number of benzene rings is 1. The number of rotatable bonds is 5. The number of hydrogen-bond acceptors (Lipinski definition) is 2. The van der Waals surface area contributed by atoms with Crippen LogP contribution in [0.15, 0.2) is 24.3 Å². The van der Waals surface area contributed by atoms with Gasteiger partial charge in [-0.1, -0.05) is 24.9 Å². The fraction of sp³-hybridized carbons (Fsp3) is 0.364. The number of urea groups is 1. The first-order valence-corrected chi connectivity index (χ1v) is 6.57. The van der Waals surface area contributed by atoms with Crippen LogP contribution in [0.5, 0.6) is 0 Å². The first-order chi connectivity index (χ1) is 8.15. The molecule has 0 radical (unpaired) electrons. The highest BCUT2D eigenvalue weighted by Crippen LogP contribution is 2.14. The standard InChI is InChI=1S/C11H14ClN2O2P/c1-2-3-10(17-16)14-11(15)13-9-6-4-8(12)5-7-9/h4-7,10H,2-3H2,1H3,(H2,13,14,15). The van der Waals surface area contributed by atoms with Gasteiger partial charge < -0.3 is 10.6 Å². The minimum Gasteiger partial charge on any atom is -0.324 e. The largest absolute Gasteiger partial charge is 0.324 e.